The first-order chi connectivity index (χ1) is 11.1. The highest BCUT2D eigenvalue weighted by Crippen LogP contribution is 2.24. The maximum atomic E-state index is 12.3. The minimum atomic E-state index is -0.187. The van der Waals surface area contributed by atoms with E-state index in [1.165, 1.54) is 0 Å². The molecular formula is C17H17N3O2S. The summed E-state index contributed by atoms with van der Waals surface area (Å²) in [7, 11) is 1.72. The van der Waals surface area contributed by atoms with Crippen LogP contribution < -0.4 is 5.32 Å². The van der Waals surface area contributed by atoms with Gasteiger partial charge in [-0.15, -0.1) is 0 Å². The van der Waals surface area contributed by atoms with Gasteiger partial charge < -0.3 is 14.7 Å². The molecule has 1 aromatic carbocycles. The Morgan fingerprint density at radius 1 is 1.30 bits per heavy atom. The average molecular weight is 327 g/mol. The van der Waals surface area contributed by atoms with Crippen LogP contribution in [0.25, 0.3) is 11.1 Å². The molecule has 3 rings (SSSR count). The number of hydrogen-bond acceptors (Lipinski definition) is 4. The number of aryl methyl sites for hydroxylation is 1. The van der Waals surface area contributed by atoms with Gasteiger partial charge in [0.05, 0.1) is 6.54 Å². The van der Waals surface area contributed by atoms with Crippen LogP contribution in [0.1, 0.15) is 11.5 Å². The second-order valence-electron chi connectivity index (χ2n) is 5.31. The van der Waals surface area contributed by atoms with Crippen molar-refractivity contribution in [2.24, 2.45) is 0 Å². The molecule has 118 valence electrons. The molecule has 23 heavy (non-hydrogen) atoms. The molecule has 0 saturated carbocycles. The zero-order chi connectivity index (χ0) is 16.2. The predicted octanol–water partition coefficient (Wildman–Crippen LogP) is 4.38. The number of nitrogens with one attached hydrogen (secondary N) is 1. The first-order valence-electron chi connectivity index (χ1n) is 7.19. The summed E-state index contributed by atoms with van der Waals surface area (Å²) >= 11 is 1.65. The summed E-state index contributed by atoms with van der Waals surface area (Å²) in [6.07, 6.45) is 0. The van der Waals surface area contributed by atoms with Gasteiger partial charge in [0.2, 0.25) is 0 Å². The Morgan fingerprint density at radius 2 is 2.17 bits per heavy atom. The van der Waals surface area contributed by atoms with E-state index in [1.54, 1.807) is 23.3 Å². The summed E-state index contributed by atoms with van der Waals surface area (Å²) < 4.78 is 5.01. The maximum absolute atomic E-state index is 12.3. The number of benzene rings is 1. The average Bonchev–Trinajstić information content (AvgIpc) is 3.19. The van der Waals surface area contributed by atoms with Crippen molar-refractivity contribution >= 4 is 23.1 Å². The van der Waals surface area contributed by atoms with E-state index in [-0.39, 0.29) is 6.03 Å². The zero-order valence-electron chi connectivity index (χ0n) is 12.9. The molecular weight excluding hydrogens is 310 g/mol. The van der Waals surface area contributed by atoms with Crippen molar-refractivity contribution in [3.63, 3.8) is 0 Å². The lowest BCUT2D eigenvalue weighted by Gasteiger charge is -2.16. The molecule has 0 aliphatic carbocycles. The molecule has 5 nitrogen and oxygen atoms in total. The summed E-state index contributed by atoms with van der Waals surface area (Å²) in [6.45, 7) is 2.22. The fourth-order valence-electron chi connectivity index (χ4n) is 2.23. The highest BCUT2D eigenvalue weighted by molar-refractivity contribution is 7.08. The Balaban J connectivity index is 1.66. The van der Waals surface area contributed by atoms with Crippen molar-refractivity contribution in [3.8, 4) is 11.1 Å². The second kappa shape index (κ2) is 6.66. The van der Waals surface area contributed by atoms with E-state index < -0.39 is 0 Å². The number of anilines is 1. The molecule has 0 fully saturated rings. The highest BCUT2D eigenvalue weighted by atomic mass is 32.1. The van der Waals surface area contributed by atoms with E-state index in [1.807, 2.05) is 42.6 Å². The minimum Gasteiger partial charge on any atom is -0.361 e. The van der Waals surface area contributed by atoms with Crippen molar-refractivity contribution in [1.82, 2.24) is 10.1 Å². The van der Waals surface area contributed by atoms with Crippen LogP contribution in [0.5, 0.6) is 0 Å². The SMILES string of the molecule is Cc1cc(CN(C)C(=O)Nc2cccc(-c3ccsc3)c2)no1. The summed E-state index contributed by atoms with van der Waals surface area (Å²) in [5, 5.41) is 10.9. The Hall–Kier alpha value is -2.60. The third kappa shape index (κ3) is 3.78. The number of thiophene rings is 1. The number of nitrogens with zero attached hydrogens (tertiary/aromatic N) is 2. The quantitative estimate of drug-likeness (QED) is 0.774. The number of carbonyl (C=O) groups excluding carboxylic acids is 1. The van der Waals surface area contributed by atoms with Crippen LogP contribution in [0.4, 0.5) is 10.5 Å². The molecule has 0 spiro atoms. The van der Waals surface area contributed by atoms with Crippen molar-refractivity contribution in [1.29, 1.82) is 0 Å². The molecule has 0 atom stereocenters. The van der Waals surface area contributed by atoms with Gasteiger partial charge in [-0.2, -0.15) is 11.3 Å². The predicted molar refractivity (Wildman–Crippen MR) is 91.5 cm³/mol. The fourth-order valence-corrected chi connectivity index (χ4v) is 2.90. The van der Waals surface area contributed by atoms with E-state index in [9.17, 15) is 4.79 Å². The van der Waals surface area contributed by atoms with Gasteiger partial charge >= 0.3 is 6.03 Å². The van der Waals surface area contributed by atoms with E-state index in [2.05, 4.69) is 21.9 Å². The molecule has 0 unspecified atom stereocenters. The van der Waals surface area contributed by atoms with Crippen molar-refractivity contribution in [3.05, 3.63) is 58.6 Å². The minimum absolute atomic E-state index is 0.187. The van der Waals surface area contributed by atoms with Crippen molar-refractivity contribution in [2.75, 3.05) is 12.4 Å². The molecule has 0 bridgehead atoms. The van der Waals surface area contributed by atoms with E-state index >= 15 is 0 Å². The molecule has 3 aromatic rings. The van der Waals surface area contributed by atoms with E-state index in [0.717, 1.165) is 28.3 Å². The van der Waals surface area contributed by atoms with Crippen LogP contribution in [0.2, 0.25) is 0 Å². The second-order valence-corrected chi connectivity index (χ2v) is 6.09. The van der Waals surface area contributed by atoms with Gasteiger partial charge in [-0.05, 0) is 47.0 Å². The number of amides is 2. The van der Waals surface area contributed by atoms with Crippen molar-refractivity contribution in [2.45, 2.75) is 13.5 Å². The maximum Gasteiger partial charge on any atom is 0.321 e. The van der Waals surface area contributed by atoms with E-state index in [4.69, 9.17) is 4.52 Å². The molecule has 2 aromatic heterocycles. The number of urea groups is 1. The highest BCUT2D eigenvalue weighted by Gasteiger charge is 2.12. The number of carbonyl (C=O) groups is 1. The van der Waals surface area contributed by atoms with Crippen LogP contribution >= 0.6 is 11.3 Å². The monoisotopic (exact) mass is 327 g/mol. The van der Waals surface area contributed by atoms with Crippen molar-refractivity contribution < 1.29 is 9.32 Å². The van der Waals surface area contributed by atoms with Gasteiger partial charge in [-0.1, -0.05) is 17.3 Å². The van der Waals surface area contributed by atoms with Crippen LogP contribution in [0, 0.1) is 6.92 Å². The summed E-state index contributed by atoms with van der Waals surface area (Å²) in [6, 6.07) is 11.5. The smallest absolute Gasteiger partial charge is 0.321 e. The lowest BCUT2D eigenvalue weighted by Crippen LogP contribution is -2.30. The van der Waals surface area contributed by atoms with Gasteiger partial charge in [-0.3, -0.25) is 0 Å². The van der Waals surface area contributed by atoms with Crippen LogP contribution in [0.3, 0.4) is 0 Å². The standard InChI is InChI=1S/C17H17N3O2S/c1-12-8-16(19-22-12)10-20(2)17(21)18-15-5-3-4-13(9-15)14-6-7-23-11-14/h3-9,11H,10H2,1-2H3,(H,18,21). The molecule has 0 radical (unpaired) electrons. The summed E-state index contributed by atoms with van der Waals surface area (Å²) in [5.41, 5.74) is 3.73. The first kappa shape index (κ1) is 15.3. The third-order valence-electron chi connectivity index (χ3n) is 3.39. The number of aromatic nitrogens is 1. The molecule has 1 N–H and O–H groups in total. The van der Waals surface area contributed by atoms with Gasteiger partial charge in [0.25, 0.3) is 0 Å². The van der Waals surface area contributed by atoms with Crippen LogP contribution in [-0.4, -0.2) is 23.1 Å². The van der Waals surface area contributed by atoms with Gasteiger partial charge in [0.15, 0.2) is 0 Å². The Bertz CT molecular complexity index is 796. The molecule has 0 aliphatic heterocycles. The Labute approximate surface area is 138 Å². The fraction of sp³-hybridized carbons (Fsp3) is 0.176. The largest absolute Gasteiger partial charge is 0.361 e. The lowest BCUT2D eigenvalue weighted by atomic mass is 10.1. The normalized spacial score (nSPS) is 10.5. The number of rotatable bonds is 4. The summed E-state index contributed by atoms with van der Waals surface area (Å²) in [4.78, 5) is 13.8. The molecule has 6 heteroatoms. The van der Waals surface area contributed by atoms with Gasteiger partial charge in [0.1, 0.15) is 11.5 Å². The third-order valence-corrected chi connectivity index (χ3v) is 4.07. The van der Waals surface area contributed by atoms with E-state index in [0.29, 0.717) is 6.54 Å². The Kier molecular flexibility index (Phi) is 4.43. The summed E-state index contributed by atoms with van der Waals surface area (Å²) in [5.74, 6) is 0.734. The zero-order valence-corrected chi connectivity index (χ0v) is 13.8. The molecule has 0 aliphatic rings. The molecule has 2 amide bonds. The Morgan fingerprint density at radius 3 is 2.87 bits per heavy atom. The van der Waals surface area contributed by atoms with Gasteiger partial charge in [0, 0.05) is 18.8 Å². The molecule has 2 heterocycles. The van der Waals surface area contributed by atoms with Crippen LogP contribution in [0.15, 0.2) is 51.7 Å². The topological polar surface area (TPSA) is 58.4 Å². The molecule has 0 saturated heterocycles. The van der Waals surface area contributed by atoms with Gasteiger partial charge in [-0.25, -0.2) is 4.79 Å². The number of hydrogen-bond donors (Lipinski definition) is 1. The lowest BCUT2D eigenvalue weighted by molar-refractivity contribution is 0.219. The first-order valence-corrected chi connectivity index (χ1v) is 8.13. The van der Waals surface area contributed by atoms with Crippen LogP contribution in [-0.2, 0) is 6.54 Å².